The zero-order chi connectivity index (χ0) is 22.7. The Balaban J connectivity index is 1.58. The van der Waals surface area contributed by atoms with E-state index in [2.05, 4.69) is 11.7 Å². The fourth-order valence-corrected chi connectivity index (χ4v) is 4.00. The summed E-state index contributed by atoms with van der Waals surface area (Å²) in [6.45, 7) is 4.76. The van der Waals surface area contributed by atoms with E-state index in [-0.39, 0.29) is 11.9 Å². The van der Waals surface area contributed by atoms with Crippen LogP contribution in [0.15, 0.2) is 67.4 Å². The van der Waals surface area contributed by atoms with Gasteiger partial charge in [0.05, 0.1) is 11.6 Å². The molecule has 1 saturated heterocycles. The second-order valence-corrected chi connectivity index (χ2v) is 8.04. The molecular formula is C24H23ClN4O3. The molecule has 2 aromatic carbocycles. The highest BCUT2D eigenvalue weighted by molar-refractivity contribution is 6.30. The van der Waals surface area contributed by atoms with Gasteiger partial charge in [-0.15, -0.1) is 0 Å². The molecule has 1 aliphatic rings. The van der Waals surface area contributed by atoms with E-state index < -0.39 is 5.91 Å². The predicted molar refractivity (Wildman–Crippen MR) is 123 cm³/mol. The third kappa shape index (κ3) is 4.68. The molecular weight excluding hydrogens is 428 g/mol. The Morgan fingerprint density at radius 2 is 1.97 bits per heavy atom. The number of nitrogens with two attached hydrogens (primary N) is 1. The van der Waals surface area contributed by atoms with Crippen LogP contribution in [-0.4, -0.2) is 39.6 Å². The number of hydrogen-bond acceptors (Lipinski definition) is 4. The number of aromatic nitrogens is 2. The first-order chi connectivity index (χ1) is 15.4. The summed E-state index contributed by atoms with van der Waals surface area (Å²) in [6.07, 6.45) is 4.69. The monoisotopic (exact) mass is 450 g/mol. The maximum atomic E-state index is 12.1. The Morgan fingerprint density at radius 1 is 1.19 bits per heavy atom. The fourth-order valence-electron chi connectivity index (χ4n) is 3.82. The maximum absolute atomic E-state index is 12.1. The van der Waals surface area contributed by atoms with Crippen molar-refractivity contribution >= 4 is 23.4 Å². The lowest BCUT2D eigenvalue weighted by atomic mass is 10.1. The molecule has 1 unspecified atom stereocenters. The topological polar surface area (TPSA) is 90.5 Å². The molecule has 1 atom stereocenters. The number of ether oxygens (including phenoxy) is 1. The molecule has 1 aromatic heterocycles. The molecule has 0 aliphatic carbocycles. The number of likely N-dealkylation sites (tertiary alicyclic amines) is 1. The summed E-state index contributed by atoms with van der Waals surface area (Å²) in [5, 5.41) is 5.25. The highest BCUT2D eigenvalue weighted by Crippen LogP contribution is 2.30. The van der Waals surface area contributed by atoms with Gasteiger partial charge in [-0.3, -0.25) is 14.3 Å². The third-order valence-electron chi connectivity index (χ3n) is 5.41. The van der Waals surface area contributed by atoms with Gasteiger partial charge in [-0.25, -0.2) is 0 Å². The van der Waals surface area contributed by atoms with Crippen LogP contribution >= 0.6 is 11.6 Å². The molecule has 1 fully saturated rings. The summed E-state index contributed by atoms with van der Waals surface area (Å²) in [5.41, 5.74) is 7.21. The number of amides is 2. The number of halogens is 1. The number of primary amides is 1. The van der Waals surface area contributed by atoms with Crippen LogP contribution < -0.4 is 10.5 Å². The van der Waals surface area contributed by atoms with Crippen LogP contribution in [0, 0.1) is 0 Å². The molecule has 0 radical (unpaired) electrons. The summed E-state index contributed by atoms with van der Waals surface area (Å²) in [4.78, 5) is 25.9. The van der Waals surface area contributed by atoms with Gasteiger partial charge in [-0.2, -0.15) is 5.10 Å². The van der Waals surface area contributed by atoms with Gasteiger partial charge in [0.1, 0.15) is 17.2 Å². The lowest BCUT2D eigenvalue weighted by molar-refractivity contribution is -0.127. The van der Waals surface area contributed by atoms with Crippen LogP contribution in [0.3, 0.4) is 0 Å². The smallest absolute Gasteiger partial charge is 0.252 e. The normalized spacial score (nSPS) is 15.9. The van der Waals surface area contributed by atoms with Gasteiger partial charge < -0.3 is 15.4 Å². The average Bonchev–Trinajstić information content (AvgIpc) is 3.25. The van der Waals surface area contributed by atoms with Crippen molar-refractivity contribution in [3.05, 3.63) is 78.0 Å². The molecule has 2 amide bonds. The summed E-state index contributed by atoms with van der Waals surface area (Å²) in [5.74, 6) is 0.595. The van der Waals surface area contributed by atoms with Crippen molar-refractivity contribution in [3.8, 4) is 22.8 Å². The molecule has 3 aromatic rings. The van der Waals surface area contributed by atoms with Crippen molar-refractivity contribution in [1.82, 2.24) is 14.7 Å². The molecule has 164 valence electrons. The van der Waals surface area contributed by atoms with Gasteiger partial charge in [0.15, 0.2) is 0 Å². The number of carbonyl (C=O) groups is 2. The van der Waals surface area contributed by atoms with Gasteiger partial charge in [0.2, 0.25) is 5.91 Å². The van der Waals surface area contributed by atoms with E-state index in [9.17, 15) is 9.59 Å². The quantitative estimate of drug-likeness (QED) is 0.562. The third-order valence-corrected chi connectivity index (χ3v) is 5.65. The number of piperidine rings is 1. The molecule has 0 bridgehead atoms. The van der Waals surface area contributed by atoms with Crippen LogP contribution in [0.4, 0.5) is 0 Å². The van der Waals surface area contributed by atoms with Crippen LogP contribution in [0.2, 0.25) is 5.02 Å². The minimum absolute atomic E-state index is 0.0371. The van der Waals surface area contributed by atoms with E-state index in [0.717, 1.165) is 18.4 Å². The largest absolute Gasteiger partial charge is 0.457 e. The minimum atomic E-state index is -0.555. The van der Waals surface area contributed by atoms with Gasteiger partial charge in [0, 0.05) is 29.9 Å². The summed E-state index contributed by atoms with van der Waals surface area (Å²) in [6, 6.07) is 14.3. The SMILES string of the molecule is C=CC(=O)N1CCCC(n2cc(C(N)=O)c(-c3ccc(Oc4cccc(Cl)c4)cc3)n2)C1. The van der Waals surface area contributed by atoms with Crippen molar-refractivity contribution in [1.29, 1.82) is 0 Å². The zero-order valence-corrected chi connectivity index (χ0v) is 18.2. The maximum Gasteiger partial charge on any atom is 0.252 e. The molecule has 0 saturated carbocycles. The van der Waals surface area contributed by atoms with Crippen molar-refractivity contribution in [2.75, 3.05) is 13.1 Å². The molecule has 2 heterocycles. The van der Waals surface area contributed by atoms with Crippen LogP contribution in [-0.2, 0) is 4.79 Å². The number of nitrogens with zero attached hydrogens (tertiary/aromatic N) is 3. The minimum Gasteiger partial charge on any atom is -0.457 e. The second-order valence-electron chi connectivity index (χ2n) is 7.60. The van der Waals surface area contributed by atoms with E-state index in [1.54, 1.807) is 40.0 Å². The first-order valence-corrected chi connectivity index (χ1v) is 10.7. The summed E-state index contributed by atoms with van der Waals surface area (Å²) in [7, 11) is 0. The lowest BCUT2D eigenvalue weighted by Crippen LogP contribution is -2.40. The van der Waals surface area contributed by atoms with Gasteiger partial charge in [0.25, 0.3) is 5.91 Å². The van der Waals surface area contributed by atoms with E-state index in [1.165, 1.54) is 6.08 Å². The van der Waals surface area contributed by atoms with E-state index >= 15 is 0 Å². The molecule has 2 N–H and O–H groups in total. The molecule has 4 rings (SSSR count). The Hall–Kier alpha value is -3.58. The lowest BCUT2D eigenvalue weighted by Gasteiger charge is -2.32. The number of carbonyl (C=O) groups excluding carboxylic acids is 2. The van der Waals surface area contributed by atoms with Crippen molar-refractivity contribution in [2.45, 2.75) is 18.9 Å². The van der Waals surface area contributed by atoms with Gasteiger partial charge >= 0.3 is 0 Å². The first kappa shape index (κ1) is 21.6. The Labute approximate surface area is 191 Å². The Kier molecular flexibility index (Phi) is 6.28. The van der Waals surface area contributed by atoms with Gasteiger partial charge in [-0.1, -0.05) is 24.2 Å². The van der Waals surface area contributed by atoms with Crippen molar-refractivity contribution in [2.24, 2.45) is 5.73 Å². The Bertz CT molecular complexity index is 1160. The van der Waals surface area contributed by atoms with E-state index in [1.807, 2.05) is 24.3 Å². The standard InChI is InChI=1S/C24H23ClN4O3/c1-2-22(30)28-12-4-6-18(14-28)29-15-21(24(26)31)23(27-29)16-8-10-19(11-9-16)32-20-7-3-5-17(25)13-20/h2-3,5,7-11,13,15,18H,1,4,6,12,14H2,(H2,26,31). The van der Waals surface area contributed by atoms with E-state index in [4.69, 9.17) is 22.1 Å². The fraction of sp³-hybridized carbons (Fsp3) is 0.208. The number of rotatable bonds is 6. The van der Waals surface area contributed by atoms with Crippen LogP contribution in [0.5, 0.6) is 11.5 Å². The molecule has 7 nitrogen and oxygen atoms in total. The zero-order valence-electron chi connectivity index (χ0n) is 17.4. The molecule has 8 heteroatoms. The highest BCUT2D eigenvalue weighted by Gasteiger charge is 2.26. The van der Waals surface area contributed by atoms with Crippen LogP contribution in [0.25, 0.3) is 11.3 Å². The average molecular weight is 451 g/mol. The Morgan fingerprint density at radius 3 is 2.66 bits per heavy atom. The van der Waals surface area contributed by atoms with Crippen molar-refractivity contribution in [3.63, 3.8) is 0 Å². The number of benzene rings is 2. The number of hydrogen-bond donors (Lipinski definition) is 1. The molecule has 32 heavy (non-hydrogen) atoms. The summed E-state index contributed by atoms with van der Waals surface area (Å²) < 4.78 is 7.57. The second kappa shape index (κ2) is 9.28. The van der Waals surface area contributed by atoms with Crippen LogP contribution in [0.1, 0.15) is 29.2 Å². The molecule has 0 spiro atoms. The first-order valence-electron chi connectivity index (χ1n) is 10.3. The highest BCUT2D eigenvalue weighted by atomic mass is 35.5. The van der Waals surface area contributed by atoms with E-state index in [0.29, 0.717) is 40.9 Å². The van der Waals surface area contributed by atoms with Gasteiger partial charge in [-0.05, 0) is 61.4 Å². The summed E-state index contributed by atoms with van der Waals surface area (Å²) >= 11 is 6.00. The van der Waals surface area contributed by atoms with Crippen molar-refractivity contribution < 1.29 is 14.3 Å². The molecule has 1 aliphatic heterocycles. The predicted octanol–water partition coefficient (Wildman–Crippen LogP) is 4.44.